The number of hydrogen-bond donors (Lipinski definition) is 2. The number of anilines is 1. The van der Waals surface area contributed by atoms with E-state index in [-0.39, 0.29) is 17.9 Å². The summed E-state index contributed by atoms with van der Waals surface area (Å²) in [6, 6.07) is 13.2. The van der Waals surface area contributed by atoms with Gasteiger partial charge in [0.1, 0.15) is 5.75 Å². The third kappa shape index (κ3) is 5.59. The number of carbonyl (C=O) groups is 1. The van der Waals surface area contributed by atoms with Crippen molar-refractivity contribution in [2.45, 2.75) is 33.1 Å². The fraction of sp³-hybridized carbons (Fsp3) is 0.300. The third-order valence-electron chi connectivity index (χ3n) is 3.81. The number of nitrogens with one attached hydrogen (secondary N) is 1. The zero-order chi connectivity index (χ0) is 19.3. The van der Waals surface area contributed by atoms with Gasteiger partial charge in [-0.15, -0.1) is 0 Å². The van der Waals surface area contributed by atoms with E-state index in [0.29, 0.717) is 17.1 Å². The molecule has 0 aliphatic rings. The van der Waals surface area contributed by atoms with Gasteiger partial charge >= 0.3 is 0 Å². The van der Waals surface area contributed by atoms with E-state index in [2.05, 4.69) is 47.2 Å². The molecule has 0 aromatic heterocycles. The Bertz CT molecular complexity index is 826. The number of rotatable bonds is 5. The van der Waals surface area contributed by atoms with Crippen LogP contribution < -0.4 is 15.9 Å². The van der Waals surface area contributed by atoms with Gasteiger partial charge in [-0.25, -0.2) is 5.43 Å². The molecule has 0 radical (unpaired) electrons. The molecule has 1 amide bonds. The fourth-order valence-corrected chi connectivity index (χ4v) is 2.73. The molecule has 0 aliphatic heterocycles. The molecule has 26 heavy (non-hydrogen) atoms. The SMILES string of the molecule is C/C(=N/NC(=O)COc1ccc(C(C)(C)C)cc1Br)c1cccc(N)c1. The van der Waals surface area contributed by atoms with Crippen molar-refractivity contribution >= 4 is 33.2 Å². The van der Waals surface area contributed by atoms with Gasteiger partial charge in [0.2, 0.25) is 0 Å². The molecule has 0 saturated carbocycles. The summed E-state index contributed by atoms with van der Waals surface area (Å²) in [5.74, 6) is 0.282. The number of benzene rings is 2. The van der Waals surface area contributed by atoms with E-state index in [1.807, 2.05) is 30.3 Å². The summed E-state index contributed by atoms with van der Waals surface area (Å²) in [5.41, 5.74) is 11.6. The monoisotopic (exact) mass is 417 g/mol. The van der Waals surface area contributed by atoms with Gasteiger partial charge in [0.25, 0.3) is 5.91 Å². The molecule has 3 N–H and O–H groups in total. The number of carbonyl (C=O) groups excluding carboxylic acids is 1. The number of nitrogens with zero attached hydrogens (tertiary/aromatic N) is 1. The molecule has 0 spiro atoms. The van der Waals surface area contributed by atoms with Crippen molar-refractivity contribution in [2.24, 2.45) is 5.10 Å². The fourth-order valence-electron chi connectivity index (χ4n) is 2.23. The molecule has 6 heteroatoms. The molecule has 0 unspecified atom stereocenters. The quantitative estimate of drug-likeness (QED) is 0.433. The zero-order valence-electron chi connectivity index (χ0n) is 15.5. The number of nitrogen functional groups attached to an aromatic ring is 1. The minimum absolute atomic E-state index is 0.0471. The van der Waals surface area contributed by atoms with Crippen LogP contribution in [0.25, 0.3) is 0 Å². The summed E-state index contributed by atoms with van der Waals surface area (Å²) in [6.45, 7) is 8.11. The molecule has 138 valence electrons. The summed E-state index contributed by atoms with van der Waals surface area (Å²) < 4.78 is 6.39. The van der Waals surface area contributed by atoms with Crippen LogP contribution in [-0.2, 0) is 10.2 Å². The van der Waals surface area contributed by atoms with Crippen molar-refractivity contribution in [3.05, 3.63) is 58.1 Å². The van der Waals surface area contributed by atoms with Crippen LogP contribution in [0.2, 0.25) is 0 Å². The van der Waals surface area contributed by atoms with Gasteiger partial charge < -0.3 is 10.5 Å². The Morgan fingerprint density at radius 2 is 1.96 bits per heavy atom. The minimum atomic E-state index is -0.333. The van der Waals surface area contributed by atoms with Crippen LogP contribution in [0.4, 0.5) is 5.69 Å². The molecular weight excluding hydrogens is 394 g/mol. The molecule has 0 aliphatic carbocycles. The van der Waals surface area contributed by atoms with Gasteiger partial charge in [-0.1, -0.05) is 39.0 Å². The van der Waals surface area contributed by atoms with Crippen molar-refractivity contribution in [1.29, 1.82) is 0 Å². The summed E-state index contributed by atoms with van der Waals surface area (Å²) in [7, 11) is 0. The number of hydrazone groups is 1. The molecule has 2 rings (SSSR count). The lowest BCUT2D eigenvalue weighted by atomic mass is 9.87. The van der Waals surface area contributed by atoms with Crippen molar-refractivity contribution in [3.63, 3.8) is 0 Å². The van der Waals surface area contributed by atoms with Gasteiger partial charge in [0.15, 0.2) is 6.61 Å². The average Bonchev–Trinajstić information content (AvgIpc) is 2.57. The van der Waals surface area contributed by atoms with E-state index < -0.39 is 0 Å². The Morgan fingerprint density at radius 1 is 1.23 bits per heavy atom. The number of nitrogens with two attached hydrogens (primary N) is 1. The Hall–Kier alpha value is -2.34. The van der Waals surface area contributed by atoms with E-state index in [1.165, 1.54) is 5.56 Å². The number of hydrogen-bond acceptors (Lipinski definition) is 4. The van der Waals surface area contributed by atoms with Crippen molar-refractivity contribution in [1.82, 2.24) is 5.43 Å². The van der Waals surface area contributed by atoms with Crippen LogP contribution in [0.1, 0.15) is 38.8 Å². The zero-order valence-corrected chi connectivity index (χ0v) is 17.1. The highest BCUT2D eigenvalue weighted by atomic mass is 79.9. The van der Waals surface area contributed by atoms with Gasteiger partial charge in [-0.3, -0.25) is 4.79 Å². The summed E-state index contributed by atoms with van der Waals surface area (Å²) >= 11 is 3.49. The Kier molecular flexibility index (Phi) is 6.42. The normalized spacial score (nSPS) is 12.0. The lowest BCUT2D eigenvalue weighted by Gasteiger charge is -2.20. The summed E-state index contributed by atoms with van der Waals surface area (Å²) in [5, 5.41) is 4.09. The molecule has 0 fully saturated rings. The minimum Gasteiger partial charge on any atom is -0.483 e. The van der Waals surface area contributed by atoms with Gasteiger partial charge in [-0.05, 0) is 63.7 Å². The van der Waals surface area contributed by atoms with Crippen LogP contribution in [0.15, 0.2) is 52.0 Å². The topological polar surface area (TPSA) is 76.7 Å². The number of halogens is 1. The van der Waals surface area contributed by atoms with Crippen LogP contribution >= 0.6 is 15.9 Å². The van der Waals surface area contributed by atoms with E-state index in [1.54, 1.807) is 19.1 Å². The average molecular weight is 418 g/mol. The van der Waals surface area contributed by atoms with Crippen LogP contribution in [0.3, 0.4) is 0 Å². The second-order valence-corrected chi connectivity index (χ2v) is 7.90. The maximum atomic E-state index is 12.0. The van der Waals surface area contributed by atoms with Gasteiger partial charge in [0, 0.05) is 5.69 Å². The molecule has 0 bridgehead atoms. The van der Waals surface area contributed by atoms with Gasteiger partial charge in [-0.2, -0.15) is 5.10 Å². The van der Waals surface area contributed by atoms with E-state index in [4.69, 9.17) is 10.5 Å². The lowest BCUT2D eigenvalue weighted by Crippen LogP contribution is -2.25. The largest absolute Gasteiger partial charge is 0.483 e. The van der Waals surface area contributed by atoms with E-state index in [9.17, 15) is 4.79 Å². The highest BCUT2D eigenvalue weighted by Crippen LogP contribution is 2.31. The maximum Gasteiger partial charge on any atom is 0.277 e. The Balaban J connectivity index is 1.94. The molecule has 2 aromatic carbocycles. The highest BCUT2D eigenvalue weighted by molar-refractivity contribution is 9.10. The second kappa shape index (κ2) is 8.36. The molecule has 5 nitrogen and oxygen atoms in total. The molecule has 2 aromatic rings. The number of ether oxygens (including phenoxy) is 1. The first-order chi connectivity index (χ1) is 12.2. The Labute approximate surface area is 162 Å². The molecule has 0 atom stereocenters. The molecule has 0 heterocycles. The highest BCUT2D eigenvalue weighted by Gasteiger charge is 2.15. The number of amides is 1. The van der Waals surface area contributed by atoms with Crippen LogP contribution in [0, 0.1) is 0 Å². The van der Waals surface area contributed by atoms with Crippen LogP contribution in [0.5, 0.6) is 5.75 Å². The first-order valence-electron chi connectivity index (χ1n) is 8.28. The van der Waals surface area contributed by atoms with Crippen molar-refractivity contribution in [3.8, 4) is 5.75 Å². The van der Waals surface area contributed by atoms with Gasteiger partial charge in [0.05, 0.1) is 10.2 Å². The summed E-state index contributed by atoms with van der Waals surface area (Å²) in [6.07, 6.45) is 0. The standard InChI is InChI=1S/C20H24BrN3O2/c1-13(14-6-5-7-16(22)10-14)23-24-19(25)12-26-18-9-8-15(11-17(18)21)20(2,3)4/h5-11H,12,22H2,1-4H3,(H,24,25)/b23-13-. The maximum absolute atomic E-state index is 12.0. The Morgan fingerprint density at radius 3 is 2.58 bits per heavy atom. The van der Waals surface area contributed by atoms with Crippen molar-refractivity contribution < 1.29 is 9.53 Å². The predicted octanol–water partition coefficient (Wildman–Crippen LogP) is 4.25. The van der Waals surface area contributed by atoms with Crippen molar-refractivity contribution in [2.75, 3.05) is 12.3 Å². The molecular formula is C20H24BrN3O2. The van der Waals surface area contributed by atoms with E-state index in [0.717, 1.165) is 10.0 Å². The van der Waals surface area contributed by atoms with Crippen LogP contribution in [-0.4, -0.2) is 18.2 Å². The van der Waals surface area contributed by atoms with E-state index >= 15 is 0 Å². The smallest absolute Gasteiger partial charge is 0.277 e. The third-order valence-corrected chi connectivity index (χ3v) is 4.43. The first kappa shape index (κ1) is 20.0. The molecule has 0 saturated heterocycles. The second-order valence-electron chi connectivity index (χ2n) is 7.04. The lowest BCUT2D eigenvalue weighted by molar-refractivity contribution is -0.123. The summed E-state index contributed by atoms with van der Waals surface area (Å²) in [4.78, 5) is 12.0. The predicted molar refractivity (Wildman–Crippen MR) is 110 cm³/mol. The first-order valence-corrected chi connectivity index (χ1v) is 9.08.